The summed E-state index contributed by atoms with van der Waals surface area (Å²) in [6.45, 7) is 8.04. The summed E-state index contributed by atoms with van der Waals surface area (Å²) in [6.07, 6.45) is 6.79. The Morgan fingerprint density at radius 2 is 1.82 bits per heavy atom. The maximum Gasteiger partial charge on any atom is 0.227 e. The normalized spacial score (nSPS) is 29.5. The van der Waals surface area contributed by atoms with Gasteiger partial charge >= 0.3 is 0 Å². The van der Waals surface area contributed by atoms with Crippen LogP contribution in [0.15, 0.2) is 18.5 Å². The Balaban J connectivity index is 1.65. The predicted octanol–water partition coefficient (Wildman–Crippen LogP) is 2.20. The Hall–Kier alpha value is -1.65. The van der Waals surface area contributed by atoms with Gasteiger partial charge in [-0.3, -0.25) is 4.79 Å². The molecule has 0 radical (unpaired) electrons. The predicted molar refractivity (Wildman–Crippen MR) is 86.5 cm³/mol. The van der Waals surface area contributed by atoms with Crippen LogP contribution in [0, 0.1) is 17.8 Å². The second-order valence-electron chi connectivity index (χ2n) is 7.02. The molecule has 2 aliphatic heterocycles. The first-order valence-electron chi connectivity index (χ1n) is 8.44. The van der Waals surface area contributed by atoms with E-state index < -0.39 is 0 Å². The minimum atomic E-state index is 0.0926. The molecule has 5 heteroatoms. The van der Waals surface area contributed by atoms with Gasteiger partial charge in [0, 0.05) is 38.6 Å². The number of rotatable bonds is 2. The van der Waals surface area contributed by atoms with Gasteiger partial charge in [0.05, 0.1) is 5.92 Å². The highest BCUT2D eigenvalue weighted by atomic mass is 16.2. The zero-order valence-corrected chi connectivity index (χ0v) is 13.6. The monoisotopic (exact) mass is 302 g/mol. The molecule has 1 amide bonds. The van der Waals surface area contributed by atoms with Crippen LogP contribution in [0.1, 0.15) is 33.1 Å². The summed E-state index contributed by atoms with van der Waals surface area (Å²) in [5.41, 5.74) is 0. The van der Waals surface area contributed by atoms with Crippen LogP contribution in [0.5, 0.6) is 0 Å². The number of piperidine rings is 2. The summed E-state index contributed by atoms with van der Waals surface area (Å²) in [7, 11) is 0. The average molecular weight is 302 g/mol. The molecule has 5 nitrogen and oxygen atoms in total. The molecule has 120 valence electrons. The summed E-state index contributed by atoms with van der Waals surface area (Å²) in [5, 5.41) is 0. The third-order valence-electron chi connectivity index (χ3n) is 4.79. The number of hydrogen-bond donors (Lipinski definition) is 0. The highest BCUT2D eigenvalue weighted by molar-refractivity contribution is 5.79. The van der Waals surface area contributed by atoms with Crippen LogP contribution in [0.3, 0.4) is 0 Å². The van der Waals surface area contributed by atoms with Crippen molar-refractivity contribution in [3.8, 4) is 0 Å². The molecule has 3 heterocycles. The largest absolute Gasteiger partial charge is 0.342 e. The molecule has 1 aromatic heterocycles. The molecular formula is C17H26N4O. The zero-order valence-electron chi connectivity index (χ0n) is 13.6. The van der Waals surface area contributed by atoms with Crippen molar-refractivity contribution < 1.29 is 4.79 Å². The molecule has 0 bridgehead atoms. The van der Waals surface area contributed by atoms with Gasteiger partial charge < -0.3 is 9.80 Å². The van der Waals surface area contributed by atoms with Crippen molar-refractivity contribution >= 4 is 11.9 Å². The first-order valence-corrected chi connectivity index (χ1v) is 8.44. The standard InChI is InChI=1S/C17H26N4O/c1-13-9-14(2)11-21(10-13)16(22)15-5-3-8-20(12-15)17-18-6-4-7-19-17/h4,6-7,13-15H,3,5,8-12H2,1-2H3/t13-,14-,15-/m1/s1. The van der Waals surface area contributed by atoms with Crippen molar-refractivity contribution in [2.24, 2.45) is 17.8 Å². The number of carbonyl (C=O) groups is 1. The van der Waals surface area contributed by atoms with E-state index in [9.17, 15) is 4.79 Å². The van der Waals surface area contributed by atoms with Crippen LogP contribution in [0.2, 0.25) is 0 Å². The summed E-state index contributed by atoms with van der Waals surface area (Å²) >= 11 is 0. The Morgan fingerprint density at radius 1 is 1.14 bits per heavy atom. The highest BCUT2D eigenvalue weighted by Gasteiger charge is 2.33. The van der Waals surface area contributed by atoms with Crippen molar-refractivity contribution in [1.82, 2.24) is 14.9 Å². The van der Waals surface area contributed by atoms with Gasteiger partial charge in [-0.15, -0.1) is 0 Å². The average Bonchev–Trinajstić information content (AvgIpc) is 2.54. The molecular weight excluding hydrogens is 276 g/mol. The minimum absolute atomic E-state index is 0.0926. The van der Waals surface area contributed by atoms with E-state index in [2.05, 4.69) is 33.6 Å². The van der Waals surface area contributed by atoms with Gasteiger partial charge in [-0.05, 0) is 37.2 Å². The lowest BCUT2D eigenvalue weighted by Gasteiger charge is -2.39. The molecule has 0 saturated carbocycles. The summed E-state index contributed by atoms with van der Waals surface area (Å²) in [6, 6.07) is 1.83. The van der Waals surface area contributed by atoms with Crippen LogP contribution in [-0.4, -0.2) is 47.0 Å². The Labute approximate surface area is 132 Å². The number of amides is 1. The van der Waals surface area contributed by atoms with Crippen LogP contribution < -0.4 is 4.90 Å². The van der Waals surface area contributed by atoms with E-state index in [-0.39, 0.29) is 5.92 Å². The van der Waals surface area contributed by atoms with Crippen molar-refractivity contribution in [1.29, 1.82) is 0 Å². The second kappa shape index (κ2) is 6.63. The summed E-state index contributed by atoms with van der Waals surface area (Å²) < 4.78 is 0. The molecule has 1 aromatic rings. The quantitative estimate of drug-likeness (QED) is 0.840. The van der Waals surface area contributed by atoms with E-state index in [1.54, 1.807) is 12.4 Å². The maximum absolute atomic E-state index is 12.9. The van der Waals surface area contributed by atoms with E-state index >= 15 is 0 Å². The zero-order chi connectivity index (χ0) is 15.5. The van der Waals surface area contributed by atoms with Crippen molar-refractivity contribution in [3.05, 3.63) is 18.5 Å². The van der Waals surface area contributed by atoms with Gasteiger partial charge in [-0.1, -0.05) is 13.8 Å². The lowest BCUT2D eigenvalue weighted by molar-refractivity contribution is -0.138. The summed E-state index contributed by atoms with van der Waals surface area (Å²) in [4.78, 5) is 25.8. The van der Waals surface area contributed by atoms with Gasteiger partial charge in [-0.25, -0.2) is 9.97 Å². The first kappa shape index (κ1) is 15.3. The topological polar surface area (TPSA) is 49.3 Å². The number of likely N-dealkylation sites (tertiary alicyclic amines) is 1. The molecule has 3 atom stereocenters. The molecule has 0 N–H and O–H groups in total. The lowest BCUT2D eigenvalue weighted by Crippen LogP contribution is -2.49. The van der Waals surface area contributed by atoms with Crippen LogP contribution >= 0.6 is 0 Å². The number of nitrogens with zero attached hydrogens (tertiary/aromatic N) is 4. The van der Waals surface area contributed by atoms with E-state index in [4.69, 9.17) is 0 Å². The van der Waals surface area contributed by atoms with Gasteiger partial charge in [0.2, 0.25) is 11.9 Å². The third kappa shape index (κ3) is 3.39. The second-order valence-corrected chi connectivity index (χ2v) is 7.02. The molecule has 0 spiro atoms. The van der Waals surface area contributed by atoms with Crippen LogP contribution in [0.25, 0.3) is 0 Å². The molecule has 2 saturated heterocycles. The van der Waals surface area contributed by atoms with Crippen molar-refractivity contribution in [3.63, 3.8) is 0 Å². The van der Waals surface area contributed by atoms with Gasteiger partial charge in [-0.2, -0.15) is 0 Å². The van der Waals surface area contributed by atoms with Crippen LogP contribution in [-0.2, 0) is 4.79 Å². The third-order valence-corrected chi connectivity index (χ3v) is 4.79. The number of hydrogen-bond acceptors (Lipinski definition) is 4. The van der Waals surface area contributed by atoms with Crippen molar-refractivity contribution in [2.75, 3.05) is 31.1 Å². The SMILES string of the molecule is C[C@@H]1C[C@@H](C)CN(C(=O)[C@@H]2CCCN(c3ncccn3)C2)C1. The molecule has 2 fully saturated rings. The number of aromatic nitrogens is 2. The molecule has 2 aliphatic rings. The van der Waals surface area contributed by atoms with Gasteiger partial charge in [0.25, 0.3) is 0 Å². The lowest BCUT2D eigenvalue weighted by atomic mass is 9.89. The summed E-state index contributed by atoms with van der Waals surface area (Å²) in [5.74, 6) is 2.41. The minimum Gasteiger partial charge on any atom is -0.342 e. The fraction of sp³-hybridized carbons (Fsp3) is 0.706. The molecule has 0 unspecified atom stereocenters. The fourth-order valence-corrected chi connectivity index (χ4v) is 3.92. The molecule has 3 rings (SSSR count). The molecule has 0 aromatic carbocycles. The van der Waals surface area contributed by atoms with Crippen LogP contribution in [0.4, 0.5) is 5.95 Å². The number of carbonyl (C=O) groups excluding carboxylic acids is 1. The van der Waals surface area contributed by atoms with Crippen molar-refractivity contribution in [2.45, 2.75) is 33.1 Å². The van der Waals surface area contributed by atoms with E-state index in [0.717, 1.165) is 45.0 Å². The Kier molecular flexibility index (Phi) is 4.60. The van der Waals surface area contributed by atoms with E-state index in [1.807, 2.05) is 6.07 Å². The first-order chi connectivity index (χ1) is 10.6. The highest BCUT2D eigenvalue weighted by Crippen LogP contribution is 2.26. The van der Waals surface area contributed by atoms with E-state index in [1.165, 1.54) is 6.42 Å². The van der Waals surface area contributed by atoms with Gasteiger partial charge in [0.1, 0.15) is 0 Å². The Morgan fingerprint density at radius 3 is 2.50 bits per heavy atom. The number of anilines is 1. The maximum atomic E-state index is 12.9. The molecule has 22 heavy (non-hydrogen) atoms. The fourth-order valence-electron chi connectivity index (χ4n) is 3.92. The van der Waals surface area contributed by atoms with Gasteiger partial charge in [0.15, 0.2) is 0 Å². The van der Waals surface area contributed by atoms with E-state index in [0.29, 0.717) is 17.7 Å². The molecule has 0 aliphatic carbocycles. The Bertz CT molecular complexity index is 497. The smallest absolute Gasteiger partial charge is 0.227 e.